The van der Waals surface area contributed by atoms with Gasteiger partial charge in [-0.05, 0) is 43.7 Å². The first-order valence-electron chi connectivity index (χ1n) is 8.23. The van der Waals surface area contributed by atoms with Gasteiger partial charge in [-0.25, -0.2) is 5.43 Å². The molecule has 1 atom stereocenters. The third kappa shape index (κ3) is 3.72. The number of aliphatic hydroxyl groups is 1. The van der Waals surface area contributed by atoms with Crippen LogP contribution in [0, 0.1) is 12.8 Å². The molecule has 6 nitrogen and oxygen atoms in total. The Kier molecular flexibility index (Phi) is 5.15. The smallest absolute Gasteiger partial charge is 0.281 e. The minimum atomic E-state index is -0.272. The number of carbonyl (C=O) groups is 1. The maximum Gasteiger partial charge on any atom is 0.281 e. The highest BCUT2D eigenvalue weighted by Crippen LogP contribution is 2.32. The fourth-order valence-corrected chi connectivity index (χ4v) is 4.05. The van der Waals surface area contributed by atoms with Gasteiger partial charge >= 0.3 is 0 Å². The zero-order chi connectivity index (χ0) is 18.0. The standard InChI is InChI=1S/C18H21N3O3S/c1-10-3-4-15-12(5-10)6-16(25-15)18(24)21-20-8-14-13(9-22)7-19-11(2)17(14)23/h6-8,10,22-23H,3-5,9H2,1-2H3,(H,21,24)/t10-/m0/s1. The molecule has 1 amide bonds. The number of aryl methyl sites for hydroxylation is 2. The minimum Gasteiger partial charge on any atom is -0.505 e. The predicted molar refractivity (Wildman–Crippen MR) is 97.1 cm³/mol. The van der Waals surface area contributed by atoms with Crippen molar-refractivity contribution in [1.82, 2.24) is 10.4 Å². The summed E-state index contributed by atoms with van der Waals surface area (Å²) in [5.74, 6) is 0.343. The van der Waals surface area contributed by atoms with Gasteiger partial charge in [0.25, 0.3) is 5.91 Å². The number of aromatic nitrogens is 1. The molecule has 0 aromatic carbocycles. The van der Waals surface area contributed by atoms with Gasteiger partial charge in [0.2, 0.25) is 0 Å². The fourth-order valence-electron chi connectivity index (χ4n) is 2.95. The van der Waals surface area contributed by atoms with Gasteiger partial charge in [0.05, 0.1) is 23.4 Å². The summed E-state index contributed by atoms with van der Waals surface area (Å²) in [6.45, 7) is 3.61. The number of thiophene rings is 1. The molecule has 2 aromatic rings. The van der Waals surface area contributed by atoms with Gasteiger partial charge in [-0.2, -0.15) is 5.10 Å². The van der Waals surface area contributed by atoms with E-state index in [-0.39, 0.29) is 18.3 Å². The Hall–Kier alpha value is -2.25. The molecule has 2 aromatic heterocycles. The van der Waals surface area contributed by atoms with Crippen LogP contribution in [0.2, 0.25) is 0 Å². The van der Waals surface area contributed by atoms with Gasteiger partial charge in [-0.15, -0.1) is 11.3 Å². The van der Waals surface area contributed by atoms with Crippen molar-refractivity contribution in [2.45, 2.75) is 39.7 Å². The van der Waals surface area contributed by atoms with Crippen molar-refractivity contribution in [2.75, 3.05) is 0 Å². The molecule has 0 saturated carbocycles. The Balaban J connectivity index is 1.73. The van der Waals surface area contributed by atoms with E-state index in [4.69, 9.17) is 0 Å². The molecule has 132 valence electrons. The molecule has 3 rings (SSSR count). The molecule has 7 heteroatoms. The number of hydrogen-bond acceptors (Lipinski definition) is 6. The van der Waals surface area contributed by atoms with E-state index in [1.165, 1.54) is 34.2 Å². The summed E-state index contributed by atoms with van der Waals surface area (Å²) in [6.07, 6.45) is 6.03. The summed E-state index contributed by atoms with van der Waals surface area (Å²) >= 11 is 1.52. The Morgan fingerprint density at radius 2 is 2.36 bits per heavy atom. The predicted octanol–water partition coefficient (Wildman–Crippen LogP) is 2.54. The van der Waals surface area contributed by atoms with E-state index < -0.39 is 0 Å². The lowest BCUT2D eigenvalue weighted by atomic mass is 9.90. The minimum absolute atomic E-state index is 0.0508. The van der Waals surface area contributed by atoms with Crippen LogP contribution in [0.1, 0.15) is 50.3 Å². The maximum atomic E-state index is 12.3. The number of nitrogens with one attached hydrogen (secondary N) is 1. The SMILES string of the molecule is Cc1ncc(CO)c(C=NNC(=O)c2cc3c(s2)CC[C@H](C)C3)c1O. The first-order chi connectivity index (χ1) is 12.0. The number of aliphatic hydroxyl groups excluding tert-OH is 1. The highest BCUT2D eigenvalue weighted by Gasteiger charge is 2.20. The number of nitrogens with zero attached hydrogens (tertiary/aromatic N) is 2. The van der Waals surface area contributed by atoms with Gasteiger partial charge in [-0.1, -0.05) is 6.92 Å². The van der Waals surface area contributed by atoms with E-state index in [1.807, 2.05) is 6.07 Å². The van der Waals surface area contributed by atoms with Crippen LogP contribution < -0.4 is 5.43 Å². The molecule has 0 spiro atoms. The Bertz CT molecular complexity index is 829. The third-order valence-corrected chi connectivity index (χ3v) is 5.68. The van der Waals surface area contributed by atoms with Crippen molar-refractivity contribution < 1.29 is 15.0 Å². The van der Waals surface area contributed by atoms with Gasteiger partial charge < -0.3 is 10.2 Å². The molecule has 0 unspecified atom stereocenters. The zero-order valence-corrected chi connectivity index (χ0v) is 15.1. The topological polar surface area (TPSA) is 94.8 Å². The highest BCUT2D eigenvalue weighted by atomic mass is 32.1. The van der Waals surface area contributed by atoms with E-state index in [9.17, 15) is 15.0 Å². The van der Waals surface area contributed by atoms with Crippen molar-refractivity contribution in [3.8, 4) is 5.75 Å². The van der Waals surface area contributed by atoms with Crippen LogP contribution >= 0.6 is 11.3 Å². The number of amides is 1. The fraction of sp³-hybridized carbons (Fsp3) is 0.389. The van der Waals surface area contributed by atoms with Crippen LogP contribution in [-0.4, -0.2) is 27.3 Å². The van der Waals surface area contributed by atoms with Crippen LogP contribution in [-0.2, 0) is 19.4 Å². The number of fused-ring (bicyclic) bond motifs is 1. The lowest BCUT2D eigenvalue weighted by Crippen LogP contribution is -2.16. The number of rotatable bonds is 4. The molecule has 25 heavy (non-hydrogen) atoms. The van der Waals surface area contributed by atoms with E-state index in [0.29, 0.717) is 27.6 Å². The van der Waals surface area contributed by atoms with Crippen molar-refractivity contribution in [2.24, 2.45) is 11.0 Å². The molecule has 0 radical (unpaired) electrons. The maximum absolute atomic E-state index is 12.3. The van der Waals surface area contributed by atoms with Crippen LogP contribution in [0.15, 0.2) is 17.4 Å². The largest absolute Gasteiger partial charge is 0.505 e. The van der Waals surface area contributed by atoms with E-state index in [1.54, 1.807) is 6.92 Å². The number of hydrogen-bond donors (Lipinski definition) is 3. The second kappa shape index (κ2) is 7.33. The summed E-state index contributed by atoms with van der Waals surface area (Å²) in [7, 11) is 0. The molecular weight excluding hydrogens is 338 g/mol. The summed E-state index contributed by atoms with van der Waals surface area (Å²) in [6, 6.07) is 1.95. The molecule has 0 bridgehead atoms. The van der Waals surface area contributed by atoms with Gasteiger partial charge in [0.15, 0.2) is 0 Å². The molecule has 3 N–H and O–H groups in total. The number of pyridine rings is 1. The summed E-state index contributed by atoms with van der Waals surface area (Å²) in [5, 5.41) is 23.3. The van der Waals surface area contributed by atoms with E-state index >= 15 is 0 Å². The molecule has 2 heterocycles. The van der Waals surface area contributed by atoms with Crippen LogP contribution in [0.3, 0.4) is 0 Å². The monoisotopic (exact) mass is 359 g/mol. The average molecular weight is 359 g/mol. The lowest BCUT2D eigenvalue weighted by Gasteiger charge is -2.16. The van der Waals surface area contributed by atoms with Gasteiger partial charge in [0.1, 0.15) is 5.75 Å². The van der Waals surface area contributed by atoms with Gasteiger partial charge in [0, 0.05) is 22.2 Å². The van der Waals surface area contributed by atoms with Crippen LogP contribution in [0.4, 0.5) is 0 Å². The quantitative estimate of drug-likeness (QED) is 0.577. The molecule has 0 fully saturated rings. The zero-order valence-electron chi connectivity index (χ0n) is 14.2. The van der Waals surface area contributed by atoms with Crippen LogP contribution in [0.5, 0.6) is 5.75 Å². The molecule has 0 aliphatic heterocycles. The van der Waals surface area contributed by atoms with Crippen molar-refractivity contribution >= 4 is 23.5 Å². The summed E-state index contributed by atoms with van der Waals surface area (Å²) < 4.78 is 0. The Labute approximate surface area is 150 Å². The average Bonchev–Trinajstić information content (AvgIpc) is 3.02. The van der Waals surface area contributed by atoms with E-state index in [0.717, 1.165) is 19.3 Å². The molecule has 0 saturated heterocycles. The van der Waals surface area contributed by atoms with Crippen LogP contribution in [0.25, 0.3) is 0 Å². The number of carbonyl (C=O) groups excluding carboxylic acids is 1. The molecular formula is C18H21N3O3S. The summed E-state index contributed by atoms with van der Waals surface area (Å²) in [5.41, 5.74) is 5.00. The first kappa shape index (κ1) is 17.6. The third-order valence-electron chi connectivity index (χ3n) is 4.44. The first-order valence-corrected chi connectivity index (χ1v) is 9.04. The number of aromatic hydroxyl groups is 1. The lowest BCUT2D eigenvalue weighted by molar-refractivity contribution is 0.0959. The Morgan fingerprint density at radius 3 is 3.12 bits per heavy atom. The summed E-state index contributed by atoms with van der Waals surface area (Å²) in [4.78, 5) is 18.2. The second-order valence-electron chi connectivity index (χ2n) is 6.40. The highest BCUT2D eigenvalue weighted by molar-refractivity contribution is 7.14. The second-order valence-corrected chi connectivity index (χ2v) is 7.53. The van der Waals surface area contributed by atoms with Gasteiger partial charge in [-0.3, -0.25) is 9.78 Å². The normalized spacial score (nSPS) is 16.8. The molecule has 1 aliphatic rings. The van der Waals surface area contributed by atoms with Crippen molar-refractivity contribution in [1.29, 1.82) is 0 Å². The Morgan fingerprint density at radius 1 is 1.56 bits per heavy atom. The molecule has 1 aliphatic carbocycles. The van der Waals surface area contributed by atoms with Crippen molar-refractivity contribution in [3.63, 3.8) is 0 Å². The number of hydrazone groups is 1. The van der Waals surface area contributed by atoms with E-state index in [2.05, 4.69) is 22.4 Å². The van der Waals surface area contributed by atoms with Crippen molar-refractivity contribution in [3.05, 3.63) is 44.4 Å².